The van der Waals surface area contributed by atoms with Crippen molar-refractivity contribution in [3.05, 3.63) is 24.3 Å². The van der Waals surface area contributed by atoms with Crippen molar-refractivity contribution in [1.29, 1.82) is 0 Å². The molecule has 0 aliphatic rings. The molecule has 0 N–H and O–H groups in total. The molecule has 0 atom stereocenters. The minimum Gasteiger partial charge on any atom is -0.0848 e. The molecule has 0 bridgehead atoms. The van der Waals surface area contributed by atoms with Gasteiger partial charge in [-0.3, -0.25) is 0 Å². The van der Waals surface area contributed by atoms with Crippen LogP contribution >= 0.6 is 0 Å². The zero-order valence-electron chi connectivity index (χ0n) is 6.43. The molecule has 0 rings (SSSR count). The Morgan fingerprint density at radius 3 is 2.22 bits per heavy atom. The summed E-state index contributed by atoms with van der Waals surface area (Å²) in [6, 6.07) is 0. The lowest BCUT2D eigenvalue weighted by molar-refractivity contribution is 0.959. The molecule has 0 unspecified atom stereocenters. The van der Waals surface area contributed by atoms with Gasteiger partial charge in [0.05, 0.1) is 0 Å². The van der Waals surface area contributed by atoms with E-state index in [9.17, 15) is 0 Å². The average molecular weight is 124 g/mol. The summed E-state index contributed by atoms with van der Waals surface area (Å²) in [4.78, 5) is 0. The first-order valence-electron chi connectivity index (χ1n) is 3.73. The molecule has 0 heteroatoms. The van der Waals surface area contributed by atoms with Crippen LogP contribution in [0.2, 0.25) is 0 Å². The molecule has 0 aromatic heterocycles. The minimum atomic E-state index is 1.14. The minimum absolute atomic E-state index is 1.14. The molecule has 0 heterocycles. The van der Waals surface area contributed by atoms with Crippen LogP contribution in [0.15, 0.2) is 24.3 Å². The summed E-state index contributed by atoms with van der Waals surface area (Å²) in [6.07, 6.45) is 12.2. The Labute approximate surface area is 58.3 Å². The van der Waals surface area contributed by atoms with Gasteiger partial charge in [0.15, 0.2) is 0 Å². The molecule has 0 aliphatic carbocycles. The fraction of sp³-hybridized carbons (Fsp3) is 0.556. The van der Waals surface area contributed by atoms with Crippen LogP contribution < -0.4 is 0 Å². The van der Waals surface area contributed by atoms with Crippen molar-refractivity contribution in [2.45, 2.75) is 33.1 Å². The molecule has 0 aromatic rings. The van der Waals surface area contributed by atoms with Crippen molar-refractivity contribution in [1.82, 2.24) is 0 Å². The second kappa shape index (κ2) is 7.48. The summed E-state index contributed by atoms with van der Waals surface area (Å²) in [7, 11) is 0. The molecule has 0 spiro atoms. The molecule has 0 amide bonds. The fourth-order valence-corrected chi connectivity index (χ4v) is 0.556. The normalized spacial score (nSPS) is 11.8. The summed E-state index contributed by atoms with van der Waals surface area (Å²) >= 11 is 0. The maximum absolute atomic E-state index is 2.20. The molecule has 0 aliphatic heterocycles. The van der Waals surface area contributed by atoms with Gasteiger partial charge in [0.2, 0.25) is 0 Å². The van der Waals surface area contributed by atoms with Crippen LogP contribution in [0.25, 0.3) is 0 Å². The topological polar surface area (TPSA) is 0 Å². The third-order valence-corrected chi connectivity index (χ3v) is 1.07. The SMILES string of the molecule is CC/C=C/C=C\CCC. The Morgan fingerprint density at radius 1 is 1.00 bits per heavy atom. The van der Waals surface area contributed by atoms with E-state index in [0.29, 0.717) is 0 Å². The summed E-state index contributed by atoms with van der Waals surface area (Å²) in [5.74, 6) is 0. The van der Waals surface area contributed by atoms with E-state index in [-0.39, 0.29) is 0 Å². The van der Waals surface area contributed by atoms with Gasteiger partial charge in [0.1, 0.15) is 0 Å². The molecule has 0 aromatic carbocycles. The lowest BCUT2D eigenvalue weighted by Crippen LogP contribution is -1.58. The molecule has 0 nitrogen and oxygen atoms in total. The summed E-state index contributed by atoms with van der Waals surface area (Å²) in [6.45, 7) is 4.33. The smallest absolute Gasteiger partial charge is 0.0350 e. The predicted molar refractivity (Wildman–Crippen MR) is 43.5 cm³/mol. The van der Waals surface area contributed by atoms with Crippen molar-refractivity contribution >= 4 is 0 Å². The number of allylic oxidation sites excluding steroid dienone is 4. The van der Waals surface area contributed by atoms with Gasteiger partial charge in [-0.1, -0.05) is 44.6 Å². The van der Waals surface area contributed by atoms with E-state index in [4.69, 9.17) is 0 Å². The highest BCUT2D eigenvalue weighted by molar-refractivity contribution is 5.01. The Bertz CT molecular complexity index is 88.2. The van der Waals surface area contributed by atoms with Gasteiger partial charge in [-0.2, -0.15) is 0 Å². The molecule has 9 heavy (non-hydrogen) atoms. The van der Waals surface area contributed by atoms with Gasteiger partial charge in [-0.15, -0.1) is 0 Å². The van der Waals surface area contributed by atoms with Gasteiger partial charge in [-0.25, -0.2) is 0 Å². The van der Waals surface area contributed by atoms with E-state index in [0.717, 1.165) is 6.42 Å². The molecule has 0 radical (unpaired) electrons. The third-order valence-electron chi connectivity index (χ3n) is 1.07. The highest BCUT2D eigenvalue weighted by Gasteiger charge is 1.68. The first kappa shape index (κ1) is 8.48. The van der Waals surface area contributed by atoms with Crippen molar-refractivity contribution in [3.63, 3.8) is 0 Å². The van der Waals surface area contributed by atoms with Crippen molar-refractivity contribution in [2.75, 3.05) is 0 Å². The molecule has 52 valence electrons. The van der Waals surface area contributed by atoms with Gasteiger partial charge < -0.3 is 0 Å². The van der Waals surface area contributed by atoms with Crippen LogP contribution in [-0.2, 0) is 0 Å². The summed E-state index contributed by atoms with van der Waals surface area (Å²) in [5.41, 5.74) is 0. The number of hydrogen-bond acceptors (Lipinski definition) is 0. The molecular formula is C9H16. The zero-order valence-corrected chi connectivity index (χ0v) is 6.43. The molecule has 0 saturated heterocycles. The second-order valence-corrected chi connectivity index (χ2v) is 2.05. The maximum atomic E-state index is 2.20. The number of hydrogen-bond donors (Lipinski definition) is 0. The van der Waals surface area contributed by atoms with Crippen LogP contribution in [0.5, 0.6) is 0 Å². The van der Waals surface area contributed by atoms with E-state index < -0.39 is 0 Å². The van der Waals surface area contributed by atoms with E-state index in [1.54, 1.807) is 0 Å². The Morgan fingerprint density at radius 2 is 1.67 bits per heavy atom. The number of rotatable bonds is 4. The van der Waals surface area contributed by atoms with E-state index in [2.05, 4.69) is 38.2 Å². The zero-order chi connectivity index (χ0) is 6.95. The summed E-state index contributed by atoms with van der Waals surface area (Å²) < 4.78 is 0. The van der Waals surface area contributed by atoms with Crippen LogP contribution in [-0.4, -0.2) is 0 Å². The largest absolute Gasteiger partial charge is 0.0848 e. The van der Waals surface area contributed by atoms with Crippen LogP contribution in [0, 0.1) is 0 Å². The first-order valence-corrected chi connectivity index (χ1v) is 3.73. The highest BCUT2D eigenvalue weighted by Crippen LogP contribution is 1.89. The Kier molecular flexibility index (Phi) is 7.05. The quantitative estimate of drug-likeness (QED) is 0.504. The predicted octanol–water partition coefficient (Wildman–Crippen LogP) is 3.31. The first-order chi connectivity index (χ1) is 4.41. The van der Waals surface area contributed by atoms with E-state index in [1.165, 1.54) is 12.8 Å². The average Bonchev–Trinajstić information content (AvgIpc) is 1.89. The van der Waals surface area contributed by atoms with Gasteiger partial charge in [0.25, 0.3) is 0 Å². The second-order valence-electron chi connectivity index (χ2n) is 2.05. The van der Waals surface area contributed by atoms with E-state index in [1.807, 2.05) is 0 Å². The van der Waals surface area contributed by atoms with Gasteiger partial charge in [-0.05, 0) is 12.8 Å². The molecule has 0 fully saturated rings. The van der Waals surface area contributed by atoms with Crippen LogP contribution in [0.1, 0.15) is 33.1 Å². The standard InChI is InChI=1S/C9H16/c1-3-5-7-9-8-6-4-2/h5,7-9H,3-4,6H2,1-2H3/b7-5+,9-8-. The van der Waals surface area contributed by atoms with Gasteiger partial charge in [0, 0.05) is 0 Å². The molecular weight excluding hydrogens is 108 g/mol. The van der Waals surface area contributed by atoms with E-state index >= 15 is 0 Å². The number of unbranched alkanes of at least 4 members (excludes halogenated alkanes) is 1. The van der Waals surface area contributed by atoms with Crippen molar-refractivity contribution in [2.24, 2.45) is 0 Å². The Hall–Kier alpha value is -0.520. The lowest BCUT2D eigenvalue weighted by atomic mass is 10.3. The van der Waals surface area contributed by atoms with Gasteiger partial charge >= 0.3 is 0 Å². The van der Waals surface area contributed by atoms with Crippen LogP contribution in [0.4, 0.5) is 0 Å². The third kappa shape index (κ3) is 7.48. The van der Waals surface area contributed by atoms with Crippen molar-refractivity contribution in [3.8, 4) is 0 Å². The molecule has 0 saturated carbocycles. The van der Waals surface area contributed by atoms with Crippen LogP contribution in [0.3, 0.4) is 0 Å². The Balaban J connectivity index is 3.13. The van der Waals surface area contributed by atoms with Crippen molar-refractivity contribution < 1.29 is 0 Å². The monoisotopic (exact) mass is 124 g/mol. The highest BCUT2D eigenvalue weighted by atomic mass is 13.7. The summed E-state index contributed by atoms with van der Waals surface area (Å²) in [5, 5.41) is 0. The lowest BCUT2D eigenvalue weighted by Gasteiger charge is -1.79. The maximum Gasteiger partial charge on any atom is -0.0350 e. The fourth-order valence-electron chi connectivity index (χ4n) is 0.556.